The predicted octanol–water partition coefficient (Wildman–Crippen LogP) is 22.3. The average Bonchev–Trinajstić information content (AvgIpc) is 1.55. The lowest BCUT2D eigenvalue weighted by molar-refractivity contribution is 1.09. The van der Waals surface area contributed by atoms with E-state index in [9.17, 15) is 0 Å². The molecular formula is C108H64N16. The van der Waals surface area contributed by atoms with Gasteiger partial charge in [0.25, 0.3) is 0 Å². The van der Waals surface area contributed by atoms with E-state index in [2.05, 4.69) is 247 Å². The van der Waals surface area contributed by atoms with Gasteiger partial charge in [-0.05, 0) is 197 Å². The van der Waals surface area contributed by atoms with E-state index in [1.54, 1.807) is 0 Å². The zero-order chi connectivity index (χ0) is 80.4. The maximum absolute atomic E-state index is 5.27. The summed E-state index contributed by atoms with van der Waals surface area (Å²) in [6.07, 6.45) is 34.0. The van der Waals surface area contributed by atoms with Crippen LogP contribution in [0.3, 0.4) is 0 Å². The third kappa shape index (κ3) is 8.98. The van der Waals surface area contributed by atoms with Gasteiger partial charge in [0.1, 0.15) is 22.5 Å². The van der Waals surface area contributed by atoms with Gasteiger partial charge in [-0.1, -0.05) is 152 Å². The molecule has 0 saturated heterocycles. The molecule has 16 heteroatoms. The Morgan fingerprint density at radius 2 is 0.508 bits per heavy atom. The first-order valence-corrected chi connectivity index (χ1v) is 42.5. The standard InChI is InChI=1S/4C27H16N4/c1-2-5-17-15(4-1)12-20-18(17)8-7-16-13-23-26(24(16)20)30-27-19-6-3-10-29-25(19)21-14-28-11-9-22(21)31(23)27;1-2-5-17-15(4-1)12-20-18(17)8-7-16-13-23-26(24(16)20)30-27-25-19(6-3-10-29-25)21-14-28-11-9-22(21)31(23)27;1-2-4-17-15(3-1)11-20-18(17)6-5-16-12-24-26(25(16)20)30-27-19-7-9-28-13-21(19)22-14-29-10-8-23(22)31(24)27;1-2-4-17-15(3-1)11-20-18(17)6-5-16-12-24-26(25(16)20)30-27-22-14-28-9-7-19(22)21-13-29-10-8-23(21)31(24)27/h2*1-11,14H,12-13H2;2*1-10,13-14H,11-12H2. The fraction of sp³-hybridized carbons (Fsp3) is 0.0741. The number of aromatic nitrogens is 16. The van der Waals surface area contributed by atoms with Crippen LogP contribution in [0.5, 0.6) is 0 Å². The first kappa shape index (κ1) is 66.7. The van der Waals surface area contributed by atoms with Gasteiger partial charge in [0.15, 0.2) is 5.65 Å². The summed E-state index contributed by atoms with van der Waals surface area (Å²) in [4.78, 5) is 56.8. The van der Waals surface area contributed by atoms with Crippen molar-refractivity contribution in [3.8, 4) is 89.5 Å². The van der Waals surface area contributed by atoms with E-state index >= 15 is 0 Å². The number of fused-ring (bicyclic) bond motifs is 56. The van der Waals surface area contributed by atoms with Gasteiger partial charge in [-0.2, -0.15) is 0 Å². The van der Waals surface area contributed by atoms with Crippen molar-refractivity contribution in [2.45, 2.75) is 51.4 Å². The first-order chi connectivity index (χ1) is 61.5. The van der Waals surface area contributed by atoms with Crippen molar-refractivity contribution >= 4 is 110 Å². The third-order valence-corrected chi connectivity index (χ3v) is 28.0. The second-order valence-corrected chi connectivity index (χ2v) is 34.0. The van der Waals surface area contributed by atoms with Crippen LogP contribution in [0, 0.1) is 0 Å². The summed E-state index contributed by atoms with van der Waals surface area (Å²) in [6, 6.07) is 74.3. The van der Waals surface area contributed by atoms with Gasteiger partial charge in [0.05, 0.1) is 73.1 Å². The summed E-state index contributed by atoms with van der Waals surface area (Å²) in [6.45, 7) is 0. The van der Waals surface area contributed by atoms with Crippen molar-refractivity contribution in [3.63, 3.8) is 0 Å². The third-order valence-electron chi connectivity index (χ3n) is 28.0. The maximum Gasteiger partial charge on any atom is 0.164 e. The summed E-state index contributed by atoms with van der Waals surface area (Å²) >= 11 is 0. The monoisotopic (exact) mass is 1580 g/mol. The minimum atomic E-state index is 0.894. The molecule has 32 rings (SSSR count). The highest BCUT2D eigenvalue weighted by molar-refractivity contribution is 6.15. The molecule has 8 aliphatic carbocycles. The maximum atomic E-state index is 5.27. The summed E-state index contributed by atoms with van der Waals surface area (Å²) in [5, 5.41) is 11.1. The predicted molar refractivity (Wildman–Crippen MR) is 489 cm³/mol. The van der Waals surface area contributed by atoms with Crippen molar-refractivity contribution in [3.05, 3.63) is 383 Å². The lowest BCUT2D eigenvalue weighted by atomic mass is 9.97. The zero-order valence-corrected chi connectivity index (χ0v) is 66.5. The fourth-order valence-corrected chi connectivity index (χ4v) is 22.9. The smallest absolute Gasteiger partial charge is 0.164 e. The molecule has 576 valence electrons. The van der Waals surface area contributed by atoms with E-state index in [4.69, 9.17) is 24.9 Å². The number of benzene rings is 8. The van der Waals surface area contributed by atoms with Crippen molar-refractivity contribution in [1.29, 1.82) is 0 Å². The van der Waals surface area contributed by atoms with Gasteiger partial charge in [0.2, 0.25) is 0 Å². The van der Waals surface area contributed by atoms with Crippen LogP contribution in [0.4, 0.5) is 0 Å². The molecule has 0 unspecified atom stereocenters. The number of nitrogens with zero attached hydrogens (tertiary/aromatic N) is 16. The minimum Gasteiger partial charge on any atom is -0.295 e. The van der Waals surface area contributed by atoms with Crippen molar-refractivity contribution in [2.24, 2.45) is 0 Å². The molecular weight excluding hydrogens is 1520 g/mol. The lowest BCUT2D eigenvalue weighted by Crippen LogP contribution is -1.97. The molecule has 8 aliphatic rings. The normalized spacial score (nSPS) is 13.5. The van der Waals surface area contributed by atoms with E-state index in [1.807, 2.05) is 98.9 Å². The number of hydrogen-bond acceptors (Lipinski definition) is 12. The van der Waals surface area contributed by atoms with Gasteiger partial charge >= 0.3 is 0 Å². The van der Waals surface area contributed by atoms with E-state index in [1.165, 1.54) is 156 Å². The number of hydrogen-bond donors (Lipinski definition) is 0. The Morgan fingerprint density at radius 3 is 0.944 bits per heavy atom. The SMILES string of the molecule is c1ccc2c(c1)Cc1c-2ccc2c1-c1nc3c4cccnc4c4cnccc4n3c1C2.c1ccc2c(c1)Cc1c-2ccc2c1-c1nc3c4ccncc4c4cnccc4n3c1C2.c1ccc2c(c1)Cc1c-2ccc2c1-c1nc3c4cnccc4c4cnccc4n3c1C2.c1ccc2c(c1)Cc1c-2ccc2c1-c1nc3c4ncccc4c4cnccc4n3c1C2. The second-order valence-electron chi connectivity index (χ2n) is 34.0. The first-order valence-electron chi connectivity index (χ1n) is 42.5. The van der Waals surface area contributed by atoms with Crippen molar-refractivity contribution in [2.75, 3.05) is 0 Å². The lowest BCUT2D eigenvalue weighted by Gasteiger charge is -2.10. The van der Waals surface area contributed by atoms with E-state index in [-0.39, 0.29) is 0 Å². The molecule has 8 aromatic carbocycles. The Bertz CT molecular complexity index is 8010. The average molecular weight is 1590 g/mol. The van der Waals surface area contributed by atoms with Gasteiger partial charge < -0.3 is 0 Å². The minimum absolute atomic E-state index is 0.894. The molecule has 0 atom stereocenters. The van der Waals surface area contributed by atoms with Crippen LogP contribution < -0.4 is 0 Å². The van der Waals surface area contributed by atoms with Crippen molar-refractivity contribution in [1.82, 2.24) is 77.4 Å². The van der Waals surface area contributed by atoms with Crippen LogP contribution >= 0.6 is 0 Å². The van der Waals surface area contributed by atoms with Crippen LogP contribution in [0.25, 0.3) is 199 Å². The number of imidazole rings is 4. The van der Waals surface area contributed by atoms with Crippen LogP contribution in [0.15, 0.2) is 293 Å². The fourth-order valence-electron chi connectivity index (χ4n) is 22.9. The summed E-state index contributed by atoms with van der Waals surface area (Å²) in [5.41, 5.74) is 53.2. The van der Waals surface area contributed by atoms with Gasteiger partial charge in [-0.25, -0.2) is 19.9 Å². The molecule has 124 heavy (non-hydrogen) atoms. The van der Waals surface area contributed by atoms with Gasteiger partial charge in [0, 0.05) is 183 Å². The number of rotatable bonds is 0. The molecule has 0 radical (unpaired) electrons. The molecule has 24 aromatic rings. The highest BCUT2D eigenvalue weighted by atomic mass is 15.1. The topological polar surface area (TPSA) is 172 Å². The Morgan fingerprint density at radius 1 is 0.194 bits per heavy atom. The zero-order valence-electron chi connectivity index (χ0n) is 66.5. The summed E-state index contributed by atoms with van der Waals surface area (Å²) in [5.74, 6) is 0. The molecule has 0 bridgehead atoms. The Labute approximate surface area is 706 Å². The van der Waals surface area contributed by atoms with Crippen LogP contribution in [-0.4, -0.2) is 77.4 Å². The Kier molecular flexibility index (Phi) is 13.3. The Balaban J connectivity index is 0.0000000828. The molecule has 0 fully saturated rings. The van der Waals surface area contributed by atoms with Crippen LogP contribution in [0.1, 0.15) is 89.5 Å². The molecule has 0 saturated carbocycles. The van der Waals surface area contributed by atoms with Crippen molar-refractivity contribution < 1.29 is 0 Å². The molecule has 16 aromatic heterocycles. The summed E-state index contributed by atoms with van der Waals surface area (Å²) < 4.78 is 9.34. The second kappa shape index (κ2) is 24.7. The van der Waals surface area contributed by atoms with Gasteiger partial charge in [-0.15, -0.1) is 0 Å². The number of pyridine rings is 12. The molecule has 0 amide bonds. The van der Waals surface area contributed by atoms with Crippen LogP contribution in [-0.2, 0) is 51.4 Å². The van der Waals surface area contributed by atoms with E-state index in [0.717, 1.165) is 184 Å². The highest BCUT2D eigenvalue weighted by Crippen LogP contribution is 2.55. The highest BCUT2D eigenvalue weighted by Gasteiger charge is 2.39. The summed E-state index contributed by atoms with van der Waals surface area (Å²) in [7, 11) is 0. The molecule has 0 aliphatic heterocycles. The molecule has 0 N–H and O–H groups in total. The van der Waals surface area contributed by atoms with Gasteiger partial charge in [-0.3, -0.25) is 57.5 Å². The Hall–Kier alpha value is -16.2. The largest absolute Gasteiger partial charge is 0.295 e. The van der Waals surface area contributed by atoms with E-state index in [0.29, 0.717) is 0 Å². The molecule has 0 spiro atoms. The quantitative estimate of drug-likeness (QED) is 0.132. The molecule has 16 heterocycles. The van der Waals surface area contributed by atoms with Crippen LogP contribution in [0.2, 0.25) is 0 Å². The molecule has 16 nitrogen and oxygen atoms in total. The van der Waals surface area contributed by atoms with E-state index < -0.39 is 0 Å².